The molecule has 1 aliphatic rings. The number of aliphatic imine (C=N–C) groups is 1. The molecule has 2 aromatic rings. The Bertz CT molecular complexity index is 955. The van der Waals surface area contributed by atoms with E-state index in [2.05, 4.69) is 34.3 Å². The molecule has 33 heavy (non-hydrogen) atoms. The van der Waals surface area contributed by atoms with Crippen LogP contribution in [0, 0.1) is 6.92 Å². The van der Waals surface area contributed by atoms with Crippen LogP contribution in [0.1, 0.15) is 35.1 Å². The van der Waals surface area contributed by atoms with Crippen LogP contribution in [0.15, 0.2) is 41.4 Å². The minimum Gasteiger partial charge on any atom is -0.493 e. The monoisotopic (exact) mass is 566 g/mol. The van der Waals surface area contributed by atoms with Gasteiger partial charge < -0.3 is 24.6 Å². The molecule has 0 radical (unpaired) electrons. The second-order valence-corrected chi connectivity index (χ2v) is 8.09. The van der Waals surface area contributed by atoms with Gasteiger partial charge in [-0.05, 0) is 47.7 Å². The minimum atomic E-state index is 0. The fraction of sp³-hybridized carbons (Fsp3) is 0.440. The summed E-state index contributed by atoms with van der Waals surface area (Å²) in [5, 5.41) is 3.37. The van der Waals surface area contributed by atoms with Crippen LogP contribution in [0.5, 0.6) is 11.5 Å². The lowest BCUT2D eigenvalue weighted by Crippen LogP contribution is -2.39. The number of carbonyl (C=O) groups excluding carboxylic acids is 1. The number of nitrogens with zero attached hydrogens (tertiary/aromatic N) is 3. The highest BCUT2D eigenvalue weighted by Crippen LogP contribution is 2.30. The molecular weight excluding hydrogens is 531 g/mol. The van der Waals surface area contributed by atoms with Crippen LogP contribution in [0.2, 0.25) is 0 Å². The van der Waals surface area contributed by atoms with Gasteiger partial charge >= 0.3 is 0 Å². The lowest BCUT2D eigenvalue weighted by Gasteiger charge is -2.24. The summed E-state index contributed by atoms with van der Waals surface area (Å²) in [5.41, 5.74) is 4.77. The summed E-state index contributed by atoms with van der Waals surface area (Å²) in [6, 6.07) is 12.3. The van der Waals surface area contributed by atoms with Gasteiger partial charge in [0, 0.05) is 46.7 Å². The van der Waals surface area contributed by atoms with E-state index in [9.17, 15) is 4.79 Å². The zero-order valence-corrected chi connectivity index (χ0v) is 22.5. The molecule has 7 nitrogen and oxygen atoms in total. The van der Waals surface area contributed by atoms with E-state index >= 15 is 0 Å². The number of benzene rings is 2. The maximum Gasteiger partial charge on any atom is 0.223 e. The van der Waals surface area contributed by atoms with Crippen molar-refractivity contribution in [2.75, 3.05) is 34.9 Å². The van der Waals surface area contributed by atoms with Crippen LogP contribution in [0.25, 0.3) is 0 Å². The van der Waals surface area contributed by atoms with Crippen molar-refractivity contribution in [1.29, 1.82) is 0 Å². The number of rotatable bonds is 8. The highest BCUT2D eigenvalue weighted by molar-refractivity contribution is 14.0. The van der Waals surface area contributed by atoms with Gasteiger partial charge in [0.25, 0.3) is 0 Å². The van der Waals surface area contributed by atoms with E-state index in [0.717, 1.165) is 42.3 Å². The van der Waals surface area contributed by atoms with E-state index in [1.807, 2.05) is 36.2 Å². The number of nitrogens with one attached hydrogen (secondary N) is 1. The number of guanidine groups is 1. The average Bonchev–Trinajstić information content (AvgIpc) is 3.24. The van der Waals surface area contributed by atoms with Crippen LogP contribution < -0.4 is 14.8 Å². The number of amides is 1. The third-order valence-electron chi connectivity index (χ3n) is 5.87. The van der Waals surface area contributed by atoms with E-state index in [4.69, 9.17) is 9.47 Å². The fourth-order valence-electron chi connectivity index (χ4n) is 4.02. The summed E-state index contributed by atoms with van der Waals surface area (Å²) in [6.45, 7) is 4.86. The van der Waals surface area contributed by atoms with Gasteiger partial charge in [0.2, 0.25) is 5.91 Å². The van der Waals surface area contributed by atoms with Crippen LogP contribution in [-0.4, -0.2) is 56.5 Å². The van der Waals surface area contributed by atoms with Crippen molar-refractivity contribution >= 4 is 35.8 Å². The Morgan fingerprint density at radius 3 is 2.30 bits per heavy atom. The van der Waals surface area contributed by atoms with Crippen LogP contribution in [-0.2, 0) is 24.4 Å². The number of halogens is 1. The maximum absolute atomic E-state index is 12.6. The van der Waals surface area contributed by atoms with Gasteiger partial charge in [0.15, 0.2) is 17.5 Å². The van der Waals surface area contributed by atoms with Gasteiger partial charge in [-0.3, -0.25) is 9.79 Å². The molecule has 0 saturated heterocycles. The summed E-state index contributed by atoms with van der Waals surface area (Å²) < 4.78 is 10.8. The SMILES string of the molecule is CN=C(NCCCC(=O)N1Cc2ccccc2C1)N(C)Cc1cc(OC)c(OC)cc1C.I. The van der Waals surface area contributed by atoms with Crippen LogP contribution in [0.4, 0.5) is 0 Å². The molecule has 0 saturated carbocycles. The molecule has 1 aliphatic heterocycles. The zero-order valence-electron chi connectivity index (χ0n) is 20.2. The summed E-state index contributed by atoms with van der Waals surface area (Å²) >= 11 is 0. The fourth-order valence-corrected chi connectivity index (χ4v) is 4.02. The molecular formula is C25H35IN4O3. The Balaban J connectivity index is 0.00000385. The molecule has 0 aliphatic carbocycles. The standard InChI is InChI=1S/C25H34N4O3.HI/c1-18-13-22(31-4)23(32-5)14-21(18)15-28(3)25(26-2)27-12-8-11-24(30)29-16-19-9-6-7-10-20(19)17-29;/h6-7,9-10,13-14H,8,11-12,15-17H2,1-5H3,(H,26,27);1H. The van der Waals surface area contributed by atoms with Crippen molar-refractivity contribution in [2.24, 2.45) is 4.99 Å². The first-order chi connectivity index (χ1) is 15.5. The summed E-state index contributed by atoms with van der Waals surface area (Å²) in [4.78, 5) is 21.0. The maximum atomic E-state index is 12.6. The van der Waals surface area contributed by atoms with Gasteiger partial charge in [-0.25, -0.2) is 0 Å². The number of ether oxygens (including phenoxy) is 2. The van der Waals surface area contributed by atoms with E-state index in [1.54, 1.807) is 21.3 Å². The molecule has 1 N–H and O–H groups in total. The smallest absolute Gasteiger partial charge is 0.223 e. The van der Waals surface area contributed by atoms with Gasteiger partial charge in [0.05, 0.1) is 14.2 Å². The van der Waals surface area contributed by atoms with E-state index in [0.29, 0.717) is 25.3 Å². The topological polar surface area (TPSA) is 66.4 Å². The second kappa shape index (κ2) is 12.7. The lowest BCUT2D eigenvalue weighted by molar-refractivity contribution is -0.131. The molecule has 3 rings (SSSR count). The van der Waals surface area contributed by atoms with Crippen molar-refractivity contribution in [2.45, 2.75) is 39.4 Å². The number of carbonyl (C=O) groups is 1. The first-order valence-electron chi connectivity index (χ1n) is 10.9. The normalized spacial score (nSPS) is 12.6. The Hall–Kier alpha value is -2.49. The third kappa shape index (κ3) is 6.75. The first kappa shape index (κ1) is 26.8. The van der Waals surface area contributed by atoms with Crippen LogP contribution in [0.3, 0.4) is 0 Å². The molecule has 0 spiro atoms. The van der Waals surface area contributed by atoms with E-state index < -0.39 is 0 Å². The Morgan fingerprint density at radius 1 is 1.12 bits per heavy atom. The number of aryl methyl sites for hydroxylation is 1. The van der Waals surface area contributed by atoms with E-state index in [-0.39, 0.29) is 29.9 Å². The molecule has 2 aromatic carbocycles. The predicted molar refractivity (Wildman–Crippen MR) is 142 cm³/mol. The number of hydrogen-bond donors (Lipinski definition) is 1. The quantitative estimate of drug-likeness (QED) is 0.227. The van der Waals surface area contributed by atoms with Crippen LogP contribution >= 0.6 is 24.0 Å². The highest BCUT2D eigenvalue weighted by atomic mass is 127. The second-order valence-electron chi connectivity index (χ2n) is 8.09. The van der Waals surface area contributed by atoms with Crippen molar-refractivity contribution < 1.29 is 14.3 Å². The lowest BCUT2D eigenvalue weighted by atomic mass is 10.1. The van der Waals surface area contributed by atoms with Gasteiger partial charge in [-0.1, -0.05) is 24.3 Å². The summed E-state index contributed by atoms with van der Waals surface area (Å²) in [7, 11) is 7.05. The molecule has 0 aromatic heterocycles. The molecule has 180 valence electrons. The van der Waals surface area contributed by atoms with Gasteiger partial charge in [0.1, 0.15) is 0 Å². The molecule has 1 heterocycles. The summed E-state index contributed by atoms with van der Waals surface area (Å²) in [5.74, 6) is 2.43. The van der Waals surface area contributed by atoms with Crippen molar-refractivity contribution in [3.8, 4) is 11.5 Å². The highest BCUT2D eigenvalue weighted by Gasteiger charge is 2.22. The molecule has 0 unspecified atom stereocenters. The van der Waals surface area contributed by atoms with E-state index in [1.165, 1.54) is 11.1 Å². The van der Waals surface area contributed by atoms with Gasteiger partial charge in [-0.2, -0.15) is 0 Å². The summed E-state index contributed by atoms with van der Waals surface area (Å²) in [6.07, 6.45) is 1.28. The van der Waals surface area contributed by atoms with Gasteiger partial charge in [-0.15, -0.1) is 24.0 Å². The van der Waals surface area contributed by atoms with Crippen molar-refractivity contribution in [3.63, 3.8) is 0 Å². The van der Waals surface area contributed by atoms with Crippen molar-refractivity contribution in [3.05, 3.63) is 58.7 Å². The molecule has 1 amide bonds. The third-order valence-corrected chi connectivity index (χ3v) is 5.87. The average molecular weight is 566 g/mol. The Labute approximate surface area is 214 Å². The predicted octanol–water partition coefficient (Wildman–Crippen LogP) is 3.96. The number of methoxy groups -OCH3 is 2. The number of fused-ring (bicyclic) bond motifs is 1. The molecule has 0 fully saturated rings. The molecule has 8 heteroatoms. The minimum absolute atomic E-state index is 0. The Morgan fingerprint density at radius 2 is 1.73 bits per heavy atom. The number of hydrogen-bond acceptors (Lipinski definition) is 4. The zero-order chi connectivity index (χ0) is 23.1. The van der Waals surface area contributed by atoms with Crippen molar-refractivity contribution in [1.82, 2.24) is 15.1 Å². The first-order valence-corrected chi connectivity index (χ1v) is 10.9. The largest absolute Gasteiger partial charge is 0.493 e. The molecule has 0 atom stereocenters. The molecule has 0 bridgehead atoms. The Kier molecular flexibility index (Phi) is 10.3.